The summed E-state index contributed by atoms with van der Waals surface area (Å²) in [7, 11) is 4.48. The molecule has 3 aromatic rings. The molecule has 0 atom stereocenters. The first-order valence-electron chi connectivity index (χ1n) is 9.10. The molecular weight excluding hydrogens is 500 g/mol. The second-order valence-electron chi connectivity index (χ2n) is 6.09. The molecule has 3 aromatic heterocycles. The molecule has 0 saturated carbocycles. The van der Waals surface area contributed by atoms with Crippen LogP contribution in [-0.4, -0.2) is 36.6 Å². The average molecular weight is 524 g/mol. The van der Waals surface area contributed by atoms with Gasteiger partial charge in [-0.2, -0.15) is 0 Å². The van der Waals surface area contributed by atoms with E-state index in [2.05, 4.69) is 0 Å². The third kappa shape index (κ3) is 11.0. The van der Waals surface area contributed by atoms with Crippen LogP contribution in [0.5, 0.6) is 17.2 Å². The summed E-state index contributed by atoms with van der Waals surface area (Å²) in [6.07, 6.45) is 2.99. The van der Waals surface area contributed by atoms with Crippen molar-refractivity contribution in [2.24, 2.45) is 0 Å². The summed E-state index contributed by atoms with van der Waals surface area (Å²) < 4.78 is 28.5. The molecule has 0 fully saturated rings. The van der Waals surface area contributed by atoms with Gasteiger partial charge < -0.3 is 42.8 Å². The van der Waals surface area contributed by atoms with Crippen molar-refractivity contribution in [3.8, 4) is 17.2 Å². The Morgan fingerprint density at radius 2 is 0.824 bits per heavy atom. The molecule has 0 aliphatic heterocycles. The Bertz CT molecular complexity index is 1020. The third-order valence-corrected chi connectivity index (χ3v) is 3.46. The van der Waals surface area contributed by atoms with Crippen LogP contribution in [0, 0.1) is 0 Å². The quantitative estimate of drug-likeness (QED) is 0.396. The summed E-state index contributed by atoms with van der Waals surface area (Å²) >= 11 is 0. The fraction of sp³-hybridized carbons (Fsp3) is 0.286. The van der Waals surface area contributed by atoms with Crippen LogP contribution in [0.15, 0.2) is 64.6 Å². The molecule has 0 amide bonds. The molecule has 0 spiro atoms. The van der Waals surface area contributed by atoms with Gasteiger partial charge in [-0.05, 0) is 0 Å². The maximum atomic E-state index is 10.7. The molecule has 188 valence electrons. The van der Waals surface area contributed by atoms with Gasteiger partial charge in [-0.1, -0.05) is 0 Å². The Hall–Kier alpha value is -3.35. The zero-order valence-electron chi connectivity index (χ0n) is 18.5. The Balaban J connectivity index is 0.000000473. The van der Waals surface area contributed by atoms with E-state index in [1.54, 1.807) is 0 Å². The molecule has 0 saturated heterocycles. The topological polar surface area (TPSA) is 179 Å². The monoisotopic (exact) mass is 524 g/mol. The van der Waals surface area contributed by atoms with Crippen LogP contribution in [0.1, 0.15) is 17.3 Å². The number of methoxy groups -OCH3 is 3. The van der Waals surface area contributed by atoms with Gasteiger partial charge in [-0.3, -0.25) is 14.4 Å². The second-order valence-corrected chi connectivity index (χ2v) is 6.09. The summed E-state index contributed by atoms with van der Waals surface area (Å²) in [4.78, 5) is 32.2. The first-order chi connectivity index (χ1) is 15.7. The third-order valence-electron chi connectivity index (χ3n) is 3.46. The van der Waals surface area contributed by atoms with Gasteiger partial charge in [0.05, 0.1) is 0 Å². The fourth-order valence-corrected chi connectivity index (χ4v) is 1.99. The van der Waals surface area contributed by atoms with Crippen LogP contribution in [0.25, 0.3) is 0 Å². The fourth-order valence-electron chi connectivity index (χ4n) is 1.99. The molecule has 34 heavy (non-hydrogen) atoms. The maximum absolute atomic E-state index is 10.7. The molecule has 0 unspecified atom stereocenters. The van der Waals surface area contributed by atoms with E-state index in [-0.39, 0.29) is 54.1 Å². The van der Waals surface area contributed by atoms with E-state index in [9.17, 15) is 14.4 Å². The minimum absolute atomic E-state index is 0. The van der Waals surface area contributed by atoms with Gasteiger partial charge in [0.2, 0.25) is 16.3 Å². The van der Waals surface area contributed by atoms with Crippen LogP contribution in [0.2, 0.25) is 0 Å². The van der Waals surface area contributed by atoms with Crippen LogP contribution in [0.3, 0.4) is 0 Å². The van der Waals surface area contributed by atoms with Gasteiger partial charge in [0.15, 0.2) is 17.2 Å². The Kier molecular flexibility index (Phi) is 14.7. The van der Waals surface area contributed by atoms with E-state index in [0.29, 0.717) is 17.3 Å². The number of ether oxygens (including phenoxy) is 3. The van der Waals surface area contributed by atoms with E-state index in [1.807, 2.05) is 0 Å². The van der Waals surface area contributed by atoms with E-state index >= 15 is 0 Å². The van der Waals surface area contributed by atoms with Crippen molar-refractivity contribution < 1.29 is 59.9 Å². The minimum atomic E-state index is -0.455. The predicted molar refractivity (Wildman–Crippen MR) is 112 cm³/mol. The first kappa shape index (κ1) is 30.6. The van der Waals surface area contributed by atoms with Gasteiger partial charge in [0, 0.05) is 56.6 Å². The molecule has 0 aromatic carbocycles. The zero-order valence-corrected chi connectivity index (χ0v) is 19.6. The van der Waals surface area contributed by atoms with E-state index in [4.69, 9.17) is 42.8 Å². The van der Waals surface area contributed by atoms with Crippen molar-refractivity contribution in [3.05, 3.63) is 84.9 Å². The van der Waals surface area contributed by atoms with Crippen LogP contribution in [-0.2, 0) is 51.1 Å². The van der Waals surface area contributed by atoms with Crippen molar-refractivity contribution in [1.29, 1.82) is 0 Å². The Morgan fingerprint density at radius 1 is 0.588 bits per heavy atom. The van der Waals surface area contributed by atoms with E-state index < -0.39 is 16.3 Å². The second kappa shape index (κ2) is 16.3. The molecule has 3 heterocycles. The normalized spacial score (nSPS) is 9.62. The molecule has 13 heteroatoms. The standard InChI is InChI=1S/3C7H8O4.Fe/c3*1-10-3-5-2-6(8)7(9)4-11-5;/h3*2,4,9H,3H2,1H3;. The van der Waals surface area contributed by atoms with Gasteiger partial charge in [0.25, 0.3) is 0 Å². The first-order valence-corrected chi connectivity index (χ1v) is 9.10. The Labute approximate surface area is 203 Å². The molecule has 12 nitrogen and oxygen atoms in total. The molecule has 0 aliphatic carbocycles. The average Bonchev–Trinajstić information content (AvgIpc) is 2.78. The Morgan fingerprint density at radius 3 is 1.00 bits per heavy atom. The van der Waals surface area contributed by atoms with Crippen molar-refractivity contribution in [2.75, 3.05) is 21.3 Å². The van der Waals surface area contributed by atoms with Gasteiger partial charge in [0.1, 0.15) is 55.9 Å². The smallest absolute Gasteiger partial charge is 0.226 e. The van der Waals surface area contributed by atoms with Crippen molar-refractivity contribution in [3.63, 3.8) is 0 Å². The summed E-state index contributed by atoms with van der Waals surface area (Å²) in [6, 6.07) is 3.58. The van der Waals surface area contributed by atoms with Crippen LogP contribution in [0.4, 0.5) is 0 Å². The molecule has 0 aliphatic rings. The summed E-state index contributed by atoms with van der Waals surface area (Å²) in [5.74, 6) is 0.0421. The minimum Gasteiger partial charge on any atom is -0.502 e. The zero-order chi connectivity index (χ0) is 24.8. The summed E-state index contributed by atoms with van der Waals surface area (Å²) in [5.41, 5.74) is -1.37. The molecule has 0 radical (unpaired) electrons. The maximum Gasteiger partial charge on any atom is 0.226 e. The SMILES string of the molecule is COCc1cc(=O)c(O)co1.COCc1cc(=O)c(O)co1.COCc1cc(=O)c(O)co1.[Fe]. The largest absolute Gasteiger partial charge is 0.502 e. The molecule has 3 rings (SSSR count). The van der Waals surface area contributed by atoms with E-state index in [0.717, 1.165) is 18.8 Å². The molecule has 3 N–H and O–H groups in total. The number of aromatic hydroxyl groups is 3. The van der Waals surface area contributed by atoms with Crippen molar-refractivity contribution in [2.45, 2.75) is 19.8 Å². The van der Waals surface area contributed by atoms with Crippen LogP contribution < -0.4 is 16.3 Å². The van der Waals surface area contributed by atoms with Crippen molar-refractivity contribution in [1.82, 2.24) is 0 Å². The van der Waals surface area contributed by atoms with Crippen LogP contribution >= 0.6 is 0 Å². The predicted octanol–water partition coefficient (Wildman–Crippen LogP) is 1.47. The van der Waals surface area contributed by atoms with Gasteiger partial charge in [-0.25, -0.2) is 0 Å². The van der Waals surface area contributed by atoms with Gasteiger partial charge in [-0.15, -0.1) is 0 Å². The molecule has 0 bridgehead atoms. The number of hydrogen-bond acceptors (Lipinski definition) is 12. The van der Waals surface area contributed by atoms with Crippen molar-refractivity contribution >= 4 is 0 Å². The summed E-state index contributed by atoms with van der Waals surface area (Å²) in [5, 5.41) is 26.3. The van der Waals surface area contributed by atoms with Gasteiger partial charge >= 0.3 is 0 Å². The molecular formula is C21H24FeO12. The number of hydrogen-bond donors (Lipinski definition) is 3. The number of rotatable bonds is 6. The van der Waals surface area contributed by atoms with E-state index in [1.165, 1.54) is 39.5 Å². The summed E-state index contributed by atoms with van der Waals surface area (Å²) in [6.45, 7) is 0.695.